The van der Waals surface area contributed by atoms with Gasteiger partial charge in [-0.3, -0.25) is 14.4 Å². The van der Waals surface area contributed by atoms with Gasteiger partial charge in [0.25, 0.3) is 0 Å². The summed E-state index contributed by atoms with van der Waals surface area (Å²) in [5.41, 5.74) is 0. The molecule has 0 aliphatic heterocycles. The van der Waals surface area contributed by atoms with Crippen LogP contribution < -0.4 is 0 Å². The fraction of sp³-hybridized carbons (Fsp3) is 0.712. The van der Waals surface area contributed by atoms with Gasteiger partial charge in [0.1, 0.15) is 13.2 Å². The quantitative estimate of drug-likeness (QED) is 0.0261. The number of allylic oxidation sites excluding steroid dienone is 16. The number of ether oxygens (including phenoxy) is 3. The largest absolute Gasteiger partial charge is 0.462 e. The summed E-state index contributed by atoms with van der Waals surface area (Å²) >= 11 is 0. The first-order valence-electron chi connectivity index (χ1n) is 30.2. The third kappa shape index (κ3) is 57.2. The highest BCUT2D eigenvalue weighted by atomic mass is 16.6. The van der Waals surface area contributed by atoms with Crippen LogP contribution in [0.1, 0.15) is 284 Å². The topological polar surface area (TPSA) is 78.9 Å². The van der Waals surface area contributed by atoms with E-state index in [1.54, 1.807) is 0 Å². The number of rotatable bonds is 54. The van der Waals surface area contributed by atoms with Crippen molar-refractivity contribution < 1.29 is 28.6 Å². The molecular weight excluding hydrogens is 889 g/mol. The summed E-state index contributed by atoms with van der Waals surface area (Å²) in [6.45, 7) is 6.48. The van der Waals surface area contributed by atoms with Gasteiger partial charge in [0.15, 0.2) is 6.10 Å². The van der Waals surface area contributed by atoms with E-state index in [2.05, 4.69) is 118 Å². The van der Waals surface area contributed by atoms with Crippen LogP contribution >= 0.6 is 0 Å². The molecule has 412 valence electrons. The molecule has 0 aromatic rings. The molecule has 0 aromatic heterocycles. The average Bonchev–Trinajstić information content (AvgIpc) is 3.38. The summed E-state index contributed by atoms with van der Waals surface area (Å²) in [7, 11) is 0. The van der Waals surface area contributed by atoms with Gasteiger partial charge in [-0.1, -0.05) is 259 Å². The Kier molecular flexibility index (Phi) is 56.8. The Bertz CT molecular complexity index is 1430. The first-order valence-corrected chi connectivity index (χ1v) is 30.2. The van der Waals surface area contributed by atoms with E-state index in [-0.39, 0.29) is 31.1 Å². The lowest BCUT2D eigenvalue weighted by molar-refractivity contribution is -0.167. The predicted molar refractivity (Wildman–Crippen MR) is 311 cm³/mol. The molecular formula is C66H112O6. The normalized spacial score (nSPS) is 12.8. The molecule has 0 saturated heterocycles. The molecule has 0 rings (SSSR count). The summed E-state index contributed by atoms with van der Waals surface area (Å²) in [4.78, 5) is 38.2. The zero-order valence-corrected chi connectivity index (χ0v) is 47.2. The average molecular weight is 1000 g/mol. The lowest BCUT2D eigenvalue weighted by Crippen LogP contribution is -2.30. The van der Waals surface area contributed by atoms with Gasteiger partial charge >= 0.3 is 17.9 Å². The van der Waals surface area contributed by atoms with Crippen molar-refractivity contribution in [1.82, 2.24) is 0 Å². The zero-order valence-electron chi connectivity index (χ0n) is 47.2. The van der Waals surface area contributed by atoms with E-state index < -0.39 is 6.10 Å². The Morgan fingerprint density at radius 3 is 0.903 bits per heavy atom. The molecule has 72 heavy (non-hydrogen) atoms. The fourth-order valence-electron chi connectivity index (χ4n) is 8.30. The van der Waals surface area contributed by atoms with Crippen LogP contribution in [0.25, 0.3) is 0 Å². The number of carbonyl (C=O) groups excluding carboxylic acids is 3. The first kappa shape index (κ1) is 68.3. The van der Waals surface area contributed by atoms with Gasteiger partial charge in [0.2, 0.25) is 0 Å². The van der Waals surface area contributed by atoms with Crippen LogP contribution in [0.2, 0.25) is 0 Å². The van der Waals surface area contributed by atoms with Crippen molar-refractivity contribution >= 4 is 17.9 Å². The molecule has 0 fully saturated rings. The monoisotopic (exact) mass is 1000 g/mol. The van der Waals surface area contributed by atoms with Crippen molar-refractivity contribution in [2.45, 2.75) is 290 Å². The molecule has 0 aromatic carbocycles. The highest BCUT2D eigenvalue weighted by Gasteiger charge is 2.19. The predicted octanol–water partition coefficient (Wildman–Crippen LogP) is 20.5. The van der Waals surface area contributed by atoms with Gasteiger partial charge < -0.3 is 14.2 Å². The molecule has 0 aliphatic rings. The van der Waals surface area contributed by atoms with E-state index in [4.69, 9.17) is 14.2 Å². The number of carbonyl (C=O) groups is 3. The van der Waals surface area contributed by atoms with E-state index >= 15 is 0 Å². The second-order valence-corrected chi connectivity index (χ2v) is 19.9. The molecule has 0 spiro atoms. The van der Waals surface area contributed by atoms with Crippen molar-refractivity contribution in [2.24, 2.45) is 0 Å². The van der Waals surface area contributed by atoms with Crippen LogP contribution in [-0.4, -0.2) is 37.2 Å². The second-order valence-electron chi connectivity index (χ2n) is 19.9. The van der Waals surface area contributed by atoms with Crippen molar-refractivity contribution in [3.8, 4) is 0 Å². The van der Waals surface area contributed by atoms with Gasteiger partial charge in [0, 0.05) is 19.3 Å². The van der Waals surface area contributed by atoms with E-state index in [9.17, 15) is 14.4 Å². The van der Waals surface area contributed by atoms with Crippen molar-refractivity contribution in [3.63, 3.8) is 0 Å². The van der Waals surface area contributed by atoms with Gasteiger partial charge in [0.05, 0.1) is 0 Å². The summed E-state index contributed by atoms with van der Waals surface area (Å²) < 4.78 is 16.9. The number of esters is 3. The Hall–Kier alpha value is -3.67. The minimum Gasteiger partial charge on any atom is -0.462 e. The van der Waals surface area contributed by atoms with E-state index in [1.807, 2.05) is 0 Å². The van der Waals surface area contributed by atoms with Crippen LogP contribution in [0, 0.1) is 0 Å². The van der Waals surface area contributed by atoms with E-state index in [0.717, 1.165) is 103 Å². The Labute approximate surface area is 445 Å². The number of hydrogen-bond acceptors (Lipinski definition) is 6. The third-order valence-electron chi connectivity index (χ3n) is 12.8. The van der Waals surface area contributed by atoms with Crippen molar-refractivity contribution in [1.29, 1.82) is 0 Å². The highest BCUT2D eigenvalue weighted by Crippen LogP contribution is 2.16. The minimum atomic E-state index is -0.798. The molecule has 0 heterocycles. The van der Waals surface area contributed by atoms with E-state index in [1.165, 1.54) is 141 Å². The summed E-state index contributed by atoms with van der Waals surface area (Å²) in [5.74, 6) is -0.933. The lowest BCUT2D eigenvalue weighted by Gasteiger charge is -2.18. The van der Waals surface area contributed by atoms with Gasteiger partial charge in [-0.25, -0.2) is 0 Å². The summed E-state index contributed by atoms with van der Waals surface area (Å²) in [6, 6.07) is 0. The zero-order chi connectivity index (χ0) is 52.2. The molecule has 0 bridgehead atoms. The van der Waals surface area contributed by atoms with Gasteiger partial charge in [-0.2, -0.15) is 0 Å². The maximum atomic E-state index is 12.9. The van der Waals surface area contributed by atoms with Crippen LogP contribution in [0.4, 0.5) is 0 Å². The van der Waals surface area contributed by atoms with Crippen LogP contribution in [-0.2, 0) is 28.6 Å². The van der Waals surface area contributed by atoms with Crippen molar-refractivity contribution in [2.75, 3.05) is 13.2 Å². The number of unbranched alkanes of at least 4 members (excludes halogenated alkanes) is 27. The molecule has 6 heteroatoms. The van der Waals surface area contributed by atoms with Gasteiger partial charge in [-0.15, -0.1) is 0 Å². The maximum Gasteiger partial charge on any atom is 0.306 e. The second kappa shape index (κ2) is 59.9. The molecule has 6 nitrogen and oxygen atoms in total. The maximum absolute atomic E-state index is 12.9. The molecule has 1 atom stereocenters. The Morgan fingerprint density at radius 2 is 0.542 bits per heavy atom. The third-order valence-corrected chi connectivity index (χ3v) is 12.8. The van der Waals surface area contributed by atoms with Crippen LogP contribution in [0.15, 0.2) is 97.2 Å². The fourth-order valence-corrected chi connectivity index (χ4v) is 8.30. The summed E-state index contributed by atoms with van der Waals surface area (Å²) in [5, 5.41) is 0. The smallest absolute Gasteiger partial charge is 0.306 e. The Morgan fingerprint density at radius 1 is 0.292 bits per heavy atom. The molecule has 0 amide bonds. The molecule has 0 saturated carbocycles. The molecule has 1 unspecified atom stereocenters. The van der Waals surface area contributed by atoms with E-state index in [0.29, 0.717) is 19.3 Å². The minimum absolute atomic E-state index is 0.0913. The Balaban J connectivity index is 4.45. The van der Waals surface area contributed by atoms with Crippen LogP contribution in [0.5, 0.6) is 0 Å². The first-order chi connectivity index (χ1) is 35.5. The van der Waals surface area contributed by atoms with Crippen LogP contribution in [0.3, 0.4) is 0 Å². The standard InChI is InChI=1S/C66H112O6/c1-4-7-10-13-16-19-22-25-28-30-32-33-35-36-38-41-44-47-50-53-56-59-65(68)71-62-63(61-70-64(67)58-55-52-49-46-43-40-27-24-21-18-15-12-9-6-3)72-66(69)60-57-54-51-48-45-42-39-37-34-31-29-26-23-20-17-14-11-8-5-2/h7,10,16-17,19-20,25-26,28-29,32-33,36,38,44,47,63H,4-6,8-9,11-15,18,21-24,27,30-31,34-35,37,39-43,45-46,48-62H2,1-3H3/b10-7-,19-16-,20-17-,28-25-,29-26-,33-32-,38-36-,47-44-. The highest BCUT2D eigenvalue weighted by molar-refractivity contribution is 5.71. The lowest BCUT2D eigenvalue weighted by atomic mass is 10.0. The molecule has 0 N–H and O–H groups in total. The SMILES string of the molecule is CC/C=C\C/C=C\C/C=C\C/C=C\C/C=C\C/C=C\CCCCC(=O)OCC(COC(=O)CCCCCCCCCCCCCCCC)OC(=O)CCCCCCCCCCC/C=C\C/C=C\CCCCC. The summed E-state index contributed by atoms with van der Waals surface area (Å²) in [6.07, 6.45) is 79.7. The molecule has 0 aliphatic carbocycles. The van der Waals surface area contributed by atoms with Gasteiger partial charge in [-0.05, 0) is 103 Å². The number of hydrogen-bond donors (Lipinski definition) is 0. The van der Waals surface area contributed by atoms with Crippen molar-refractivity contribution in [3.05, 3.63) is 97.2 Å². The molecule has 0 radical (unpaired) electrons.